The lowest BCUT2D eigenvalue weighted by Crippen LogP contribution is -2.51. The number of aryl methyl sites for hydroxylation is 1. The van der Waals surface area contributed by atoms with Gasteiger partial charge in [0.05, 0.1) is 13.2 Å². The van der Waals surface area contributed by atoms with Gasteiger partial charge in [-0.1, -0.05) is 91.0 Å². The molecule has 0 radical (unpaired) electrons. The van der Waals surface area contributed by atoms with Crippen LogP contribution in [0.1, 0.15) is 29.2 Å². The van der Waals surface area contributed by atoms with Crippen LogP contribution in [0, 0.1) is 0 Å². The van der Waals surface area contributed by atoms with Crippen LogP contribution >= 0.6 is 0 Å². The minimum Gasteiger partial charge on any atom is -0.367 e. The minimum absolute atomic E-state index is 0.119. The highest BCUT2D eigenvalue weighted by Crippen LogP contribution is 2.25. The first-order valence-electron chi connectivity index (χ1n) is 11.5. The van der Waals surface area contributed by atoms with Crippen LogP contribution in [0.4, 0.5) is 0 Å². The van der Waals surface area contributed by atoms with Crippen molar-refractivity contribution in [2.75, 3.05) is 39.3 Å². The molecule has 1 saturated heterocycles. The van der Waals surface area contributed by atoms with E-state index in [1.54, 1.807) is 0 Å². The molecule has 0 bridgehead atoms. The van der Waals surface area contributed by atoms with Crippen molar-refractivity contribution >= 4 is 5.91 Å². The Hall–Kier alpha value is -2.95. The molecule has 32 heavy (non-hydrogen) atoms. The molecule has 3 aromatic rings. The third kappa shape index (κ3) is 6.28. The van der Waals surface area contributed by atoms with Gasteiger partial charge in [0, 0.05) is 19.6 Å². The van der Waals surface area contributed by atoms with E-state index < -0.39 is 0 Å². The first kappa shape index (κ1) is 22.3. The van der Waals surface area contributed by atoms with E-state index in [-0.39, 0.29) is 12.0 Å². The second kappa shape index (κ2) is 11.6. The van der Waals surface area contributed by atoms with E-state index in [0.29, 0.717) is 19.7 Å². The smallest absolute Gasteiger partial charge is 0.236 e. The van der Waals surface area contributed by atoms with Crippen molar-refractivity contribution in [3.63, 3.8) is 0 Å². The Kier molecular flexibility index (Phi) is 8.07. The van der Waals surface area contributed by atoms with E-state index >= 15 is 0 Å². The first-order chi connectivity index (χ1) is 15.8. The highest BCUT2D eigenvalue weighted by atomic mass is 16.5. The zero-order valence-electron chi connectivity index (χ0n) is 18.6. The standard InChI is InChI=1S/C28H32N2O2/c31-27-23-29(18-10-13-24-11-4-1-5-12-24)19-20-30(27)21-22-32-28(25-14-6-2-7-15-25)26-16-8-3-9-17-26/h1-9,11-12,14-17,28H,10,13,18-23H2. The van der Waals surface area contributed by atoms with Crippen molar-refractivity contribution in [1.82, 2.24) is 9.80 Å². The zero-order chi connectivity index (χ0) is 22.0. The van der Waals surface area contributed by atoms with E-state index in [2.05, 4.69) is 53.4 Å². The maximum Gasteiger partial charge on any atom is 0.236 e. The largest absolute Gasteiger partial charge is 0.367 e. The molecule has 1 aliphatic heterocycles. The number of rotatable bonds is 10. The Morgan fingerprint density at radius 1 is 0.750 bits per heavy atom. The SMILES string of the molecule is O=C1CN(CCCc2ccccc2)CCN1CCOC(c1ccccc1)c1ccccc1. The third-order valence-corrected chi connectivity index (χ3v) is 6.03. The number of nitrogens with zero attached hydrogens (tertiary/aromatic N) is 2. The normalized spacial score (nSPS) is 14.8. The fraction of sp³-hybridized carbons (Fsp3) is 0.321. The molecule has 4 heteroatoms. The molecule has 0 aliphatic carbocycles. The van der Waals surface area contributed by atoms with Gasteiger partial charge >= 0.3 is 0 Å². The number of hydrogen-bond donors (Lipinski definition) is 0. The zero-order valence-corrected chi connectivity index (χ0v) is 18.6. The molecule has 0 atom stereocenters. The van der Waals surface area contributed by atoms with Gasteiger partial charge in [0.15, 0.2) is 0 Å². The van der Waals surface area contributed by atoms with Crippen molar-refractivity contribution in [1.29, 1.82) is 0 Å². The molecule has 0 aromatic heterocycles. The summed E-state index contributed by atoms with van der Waals surface area (Å²) in [5.74, 6) is 0.204. The number of carbonyl (C=O) groups excluding carboxylic acids is 1. The maximum absolute atomic E-state index is 12.7. The Balaban J connectivity index is 1.24. The minimum atomic E-state index is -0.119. The van der Waals surface area contributed by atoms with Crippen LogP contribution < -0.4 is 0 Å². The second-order valence-electron chi connectivity index (χ2n) is 8.32. The molecule has 0 N–H and O–H groups in total. The summed E-state index contributed by atoms with van der Waals surface area (Å²) < 4.78 is 6.30. The highest BCUT2D eigenvalue weighted by Gasteiger charge is 2.24. The van der Waals surface area contributed by atoms with Gasteiger partial charge in [0.25, 0.3) is 0 Å². The van der Waals surface area contributed by atoms with E-state index in [0.717, 1.165) is 43.6 Å². The summed E-state index contributed by atoms with van der Waals surface area (Å²) in [6, 6.07) is 31.1. The maximum atomic E-state index is 12.7. The van der Waals surface area contributed by atoms with Gasteiger partial charge in [-0.05, 0) is 36.1 Å². The quantitative estimate of drug-likeness (QED) is 0.474. The molecule has 0 unspecified atom stereocenters. The lowest BCUT2D eigenvalue weighted by Gasteiger charge is -2.34. The average molecular weight is 429 g/mol. The van der Waals surface area contributed by atoms with Crippen LogP contribution in [0.25, 0.3) is 0 Å². The molecule has 4 nitrogen and oxygen atoms in total. The van der Waals surface area contributed by atoms with E-state index in [4.69, 9.17) is 4.74 Å². The Morgan fingerprint density at radius 3 is 1.94 bits per heavy atom. The summed E-state index contributed by atoms with van der Waals surface area (Å²) >= 11 is 0. The molecule has 3 aromatic carbocycles. The van der Waals surface area contributed by atoms with Crippen molar-refractivity contribution in [3.05, 3.63) is 108 Å². The number of ether oxygens (including phenoxy) is 1. The van der Waals surface area contributed by atoms with Crippen LogP contribution in [0.3, 0.4) is 0 Å². The Bertz CT molecular complexity index is 907. The van der Waals surface area contributed by atoms with Gasteiger partial charge in [0.1, 0.15) is 6.10 Å². The molecular formula is C28H32N2O2. The van der Waals surface area contributed by atoms with Crippen LogP contribution in [-0.2, 0) is 16.0 Å². The van der Waals surface area contributed by atoms with Gasteiger partial charge in [0.2, 0.25) is 5.91 Å². The molecule has 0 spiro atoms. The topological polar surface area (TPSA) is 32.8 Å². The first-order valence-corrected chi connectivity index (χ1v) is 11.5. The molecule has 1 amide bonds. The van der Waals surface area contributed by atoms with Gasteiger partial charge in [-0.3, -0.25) is 9.69 Å². The molecule has 1 aliphatic rings. The molecule has 1 fully saturated rings. The predicted octanol–water partition coefficient (Wildman–Crippen LogP) is 4.57. The van der Waals surface area contributed by atoms with E-state index in [9.17, 15) is 4.79 Å². The molecule has 166 valence electrons. The molecule has 4 rings (SSSR count). The summed E-state index contributed by atoms with van der Waals surface area (Å²) in [6.07, 6.45) is 2.02. The summed E-state index contributed by atoms with van der Waals surface area (Å²) in [5.41, 5.74) is 3.63. The van der Waals surface area contributed by atoms with Crippen molar-refractivity contribution in [2.45, 2.75) is 18.9 Å². The second-order valence-corrected chi connectivity index (χ2v) is 8.32. The van der Waals surface area contributed by atoms with Crippen LogP contribution in [-0.4, -0.2) is 55.0 Å². The van der Waals surface area contributed by atoms with E-state index in [1.165, 1.54) is 5.56 Å². The highest BCUT2D eigenvalue weighted by molar-refractivity contribution is 5.79. The molecule has 0 saturated carbocycles. The number of benzene rings is 3. The lowest BCUT2D eigenvalue weighted by molar-refractivity contribution is -0.137. The van der Waals surface area contributed by atoms with Gasteiger partial charge in [-0.15, -0.1) is 0 Å². The van der Waals surface area contributed by atoms with Crippen molar-refractivity contribution < 1.29 is 9.53 Å². The van der Waals surface area contributed by atoms with Crippen LogP contribution in [0.15, 0.2) is 91.0 Å². The molecule has 1 heterocycles. The van der Waals surface area contributed by atoms with Gasteiger partial charge in [-0.25, -0.2) is 0 Å². The van der Waals surface area contributed by atoms with Gasteiger partial charge in [-0.2, -0.15) is 0 Å². The van der Waals surface area contributed by atoms with Crippen LogP contribution in [0.2, 0.25) is 0 Å². The summed E-state index contributed by atoms with van der Waals surface area (Å²) in [7, 11) is 0. The lowest BCUT2D eigenvalue weighted by atomic mass is 10.0. The summed E-state index contributed by atoms with van der Waals surface area (Å²) in [4.78, 5) is 16.9. The monoisotopic (exact) mass is 428 g/mol. The number of amides is 1. The summed E-state index contributed by atoms with van der Waals surface area (Å²) in [6.45, 7) is 4.34. The average Bonchev–Trinajstić information content (AvgIpc) is 2.85. The number of hydrogen-bond acceptors (Lipinski definition) is 3. The fourth-order valence-electron chi connectivity index (χ4n) is 4.26. The van der Waals surface area contributed by atoms with Crippen molar-refractivity contribution in [3.8, 4) is 0 Å². The third-order valence-electron chi connectivity index (χ3n) is 6.03. The predicted molar refractivity (Wildman–Crippen MR) is 128 cm³/mol. The summed E-state index contributed by atoms with van der Waals surface area (Å²) in [5, 5.41) is 0. The van der Waals surface area contributed by atoms with E-state index in [1.807, 2.05) is 47.4 Å². The van der Waals surface area contributed by atoms with Crippen molar-refractivity contribution in [2.24, 2.45) is 0 Å². The van der Waals surface area contributed by atoms with Crippen LogP contribution in [0.5, 0.6) is 0 Å². The number of piperazine rings is 1. The molecular weight excluding hydrogens is 396 g/mol. The Morgan fingerprint density at radius 2 is 1.34 bits per heavy atom. The Labute approximate surface area is 191 Å². The fourth-order valence-corrected chi connectivity index (χ4v) is 4.26. The van der Waals surface area contributed by atoms with Gasteiger partial charge < -0.3 is 9.64 Å². The number of carbonyl (C=O) groups is 1.